The molecule has 1 atom stereocenters. The number of benzene rings is 1. The minimum atomic E-state index is -3.88. The molecule has 0 radical (unpaired) electrons. The molecular weight excluding hydrogens is 527 g/mol. The first kappa shape index (κ1) is 25.5. The van der Waals surface area contributed by atoms with E-state index in [2.05, 4.69) is 4.72 Å². The highest BCUT2D eigenvalue weighted by Crippen LogP contribution is 2.37. The Hall–Kier alpha value is -2.15. The predicted molar refractivity (Wildman–Crippen MR) is 133 cm³/mol. The fourth-order valence-corrected chi connectivity index (χ4v) is 7.06. The fourth-order valence-electron chi connectivity index (χ4n) is 3.38. The Morgan fingerprint density at radius 1 is 1.21 bits per heavy atom. The zero-order valence-corrected chi connectivity index (χ0v) is 21.0. The van der Waals surface area contributed by atoms with Gasteiger partial charge in [0, 0.05) is 34.0 Å². The van der Waals surface area contributed by atoms with Gasteiger partial charge in [-0.2, -0.15) is 4.72 Å². The molecule has 0 saturated carbocycles. The minimum absolute atomic E-state index is 0. The van der Waals surface area contributed by atoms with E-state index in [1.54, 1.807) is 18.2 Å². The first-order valence-corrected chi connectivity index (χ1v) is 13.0. The second-order valence-corrected chi connectivity index (χ2v) is 11.9. The Morgan fingerprint density at radius 3 is 2.58 bits per heavy atom. The highest BCUT2D eigenvalue weighted by atomic mass is 35.5. The number of carbonyl (C=O) groups excluding carboxylic acids is 1. The number of nitrogens with one attached hydrogen (secondary N) is 2. The molecule has 0 bridgehead atoms. The Labute approximate surface area is 210 Å². The third-order valence-corrected chi connectivity index (χ3v) is 9.48. The van der Waals surface area contributed by atoms with E-state index >= 15 is 0 Å². The second-order valence-electron chi connectivity index (χ2n) is 7.20. The maximum absolute atomic E-state index is 12.9. The van der Waals surface area contributed by atoms with Crippen molar-refractivity contribution in [2.75, 3.05) is 6.54 Å². The zero-order chi connectivity index (χ0) is 23.0. The topological polar surface area (TPSA) is 137 Å². The van der Waals surface area contributed by atoms with Crippen molar-refractivity contribution in [1.82, 2.24) is 9.62 Å². The number of likely N-dealkylation sites (tertiary alicyclic amines) is 1. The molecule has 0 spiro atoms. The normalized spacial score (nSPS) is 16.1. The number of sulfonamides is 1. The van der Waals surface area contributed by atoms with Crippen LogP contribution in [0, 0.1) is 5.41 Å². The average Bonchev–Trinajstić information content (AvgIpc) is 3.46. The van der Waals surface area contributed by atoms with Gasteiger partial charge >= 0.3 is 0 Å². The summed E-state index contributed by atoms with van der Waals surface area (Å²) in [7, 11) is -3.88. The lowest BCUT2D eigenvalue weighted by molar-refractivity contribution is -0.129. The molecule has 33 heavy (non-hydrogen) atoms. The first-order chi connectivity index (χ1) is 15.1. The van der Waals surface area contributed by atoms with Gasteiger partial charge in [0.15, 0.2) is 0 Å². The molecule has 1 aromatic carbocycles. The minimum Gasteiger partial charge on any atom is -0.508 e. The fraction of sp³-hybridized carbons (Fsp3) is 0.200. The Morgan fingerprint density at radius 2 is 1.91 bits per heavy atom. The summed E-state index contributed by atoms with van der Waals surface area (Å²) in [6.07, 6.45) is 0.310. The molecule has 3 aromatic rings. The standard InChI is InChI=1S/C20H19ClN4O4S3.ClH/c21-17-5-3-15(30-17)16-4-6-18(31-16)32(28,29)24-13-7-8-25(20(13)27)10-12-9-11(19(22)23)1-2-14(12)26;/h1-6,9,13,24,26H,7-8,10H2,(H3,22,23);1H/t13-;/m0./s1. The molecule has 1 fully saturated rings. The van der Waals surface area contributed by atoms with Crippen molar-refractivity contribution in [1.29, 1.82) is 5.41 Å². The summed E-state index contributed by atoms with van der Waals surface area (Å²) in [5, 5.41) is 17.6. The van der Waals surface area contributed by atoms with Crippen LogP contribution in [0.15, 0.2) is 46.7 Å². The number of halogens is 2. The van der Waals surface area contributed by atoms with Crippen LogP contribution >= 0.6 is 46.7 Å². The summed E-state index contributed by atoms with van der Waals surface area (Å²) in [6, 6.07) is 10.4. The highest BCUT2D eigenvalue weighted by Gasteiger charge is 2.35. The van der Waals surface area contributed by atoms with Crippen LogP contribution in [0.3, 0.4) is 0 Å². The lowest BCUT2D eigenvalue weighted by atomic mass is 10.1. The number of phenols is 1. The number of nitrogen functional groups attached to an aromatic ring is 1. The van der Waals surface area contributed by atoms with Crippen LogP contribution in [0.4, 0.5) is 0 Å². The lowest BCUT2D eigenvalue weighted by Crippen LogP contribution is -2.41. The van der Waals surface area contributed by atoms with E-state index in [1.165, 1.54) is 34.4 Å². The molecule has 1 aliphatic heterocycles. The number of phenolic OH excluding ortho intramolecular Hbond substituents is 1. The van der Waals surface area contributed by atoms with Crippen LogP contribution in [-0.4, -0.2) is 42.8 Å². The van der Waals surface area contributed by atoms with Gasteiger partial charge < -0.3 is 15.7 Å². The van der Waals surface area contributed by atoms with Gasteiger partial charge in [-0.3, -0.25) is 10.2 Å². The van der Waals surface area contributed by atoms with Crippen molar-refractivity contribution in [3.8, 4) is 15.5 Å². The highest BCUT2D eigenvalue weighted by molar-refractivity contribution is 7.91. The zero-order valence-electron chi connectivity index (χ0n) is 16.9. The molecule has 8 nitrogen and oxygen atoms in total. The lowest BCUT2D eigenvalue weighted by Gasteiger charge is -2.18. The summed E-state index contributed by atoms with van der Waals surface area (Å²) in [6.45, 7) is 0.422. The number of nitrogens with zero attached hydrogens (tertiary/aromatic N) is 1. The van der Waals surface area contributed by atoms with Crippen molar-refractivity contribution < 1.29 is 18.3 Å². The molecule has 0 unspecified atom stereocenters. The Balaban J connectivity index is 0.00000306. The number of hydrogen-bond donors (Lipinski definition) is 4. The Kier molecular flexibility index (Phi) is 7.72. The smallest absolute Gasteiger partial charge is 0.250 e. The van der Waals surface area contributed by atoms with E-state index in [9.17, 15) is 18.3 Å². The van der Waals surface area contributed by atoms with Gasteiger partial charge in [0.2, 0.25) is 5.91 Å². The van der Waals surface area contributed by atoms with E-state index in [4.69, 9.17) is 22.7 Å². The number of rotatable bonds is 7. The van der Waals surface area contributed by atoms with Gasteiger partial charge in [-0.1, -0.05) is 11.6 Å². The van der Waals surface area contributed by atoms with Gasteiger partial charge in [-0.05, 0) is 48.9 Å². The van der Waals surface area contributed by atoms with Crippen molar-refractivity contribution in [2.24, 2.45) is 5.73 Å². The summed E-state index contributed by atoms with van der Waals surface area (Å²) < 4.78 is 28.9. The van der Waals surface area contributed by atoms with Crippen molar-refractivity contribution in [3.63, 3.8) is 0 Å². The molecule has 5 N–H and O–H groups in total. The summed E-state index contributed by atoms with van der Waals surface area (Å²) in [4.78, 5) is 15.9. The van der Waals surface area contributed by atoms with Gasteiger partial charge in [0.25, 0.3) is 10.0 Å². The number of thiophene rings is 2. The molecule has 3 heterocycles. The van der Waals surface area contributed by atoms with Crippen LogP contribution in [0.5, 0.6) is 5.75 Å². The summed E-state index contributed by atoms with van der Waals surface area (Å²) in [5.41, 5.74) is 6.36. The van der Waals surface area contributed by atoms with Crippen molar-refractivity contribution in [3.05, 3.63) is 57.9 Å². The maximum atomic E-state index is 12.9. The van der Waals surface area contributed by atoms with E-state index in [1.807, 2.05) is 6.07 Å². The van der Waals surface area contributed by atoms with Crippen LogP contribution in [-0.2, 0) is 21.4 Å². The number of amidine groups is 1. The molecule has 4 rings (SSSR count). The first-order valence-electron chi connectivity index (χ1n) is 9.47. The molecule has 1 amide bonds. The molecule has 1 saturated heterocycles. The molecule has 176 valence electrons. The Bertz CT molecular complexity index is 1310. The van der Waals surface area contributed by atoms with E-state index < -0.39 is 16.1 Å². The molecule has 0 aliphatic carbocycles. The van der Waals surface area contributed by atoms with Gasteiger partial charge in [0.1, 0.15) is 21.8 Å². The molecule has 1 aliphatic rings. The van der Waals surface area contributed by atoms with Crippen LogP contribution in [0.25, 0.3) is 9.75 Å². The van der Waals surface area contributed by atoms with Crippen LogP contribution < -0.4 is 10.5 Å². The summed E-state index contributed by atoms with van der Waals surface area (Å²) in [5.74, 6) is -0.542. The second kappa shape index (κ2) is 10.00. The van der Waals surface area contributed by atoms with Crippen LogP contribution in [0.1, 0.15) is 17.5 Å². The quantitative estimate of drug-likeness (QED) is 0.265. The van der Waals surface area contributed by atoms with Crippen molar-refractivity contribution in [2.45, 2.75) is 23.2 Å². The predicted octanol–water partition coefficient (Wildman–Crippen LogP) is 3.62. The third-order valence-electron chi connectivity index (χ3n) is 5.01. The monoisotopic (exact) mass is 546 g/mol. The van der Waals surface area contributed by atoms with Gasteiger partial charge in [-0.15, -0.1) is 35.1 Å². The number of carbonyl (C=O) groups is 1. The number of hydrogen-bond acceptors (Lipinski definition) is 7. The largest absolute Gasteiger partial charge is 0.508 e. The number of aromatic hydroxyl groups is 1. The third kappa shape index (κ3) is 5.51. The summed E-state index contributed by atoms with van der Waals surface area (Å²) >= 11 is 8.43. The van der Waals surface area contributed by atoms with Crippen LogP contribution in [0.2, 0.25) is 4.34 Å². The SMILES string of the molecule is Cl.N=C(N)c1ccc(O)c(CN2CC[C@H](NS(=O)(=O)c3ccc(-c4ccc(Cl)s4)s3)C2=O)c1. The number of nitrogens with two attached hydrogens (primary N) is 1. The van der Waals surface area contributed by atoms with Crippen molar-refractivity contribution >= 4 is 68.4 Å². The van der Waals surface area contributed by atoms with Gasteiger partial charge in [-0.25, -0.2) is 8.42 Å². The van der Waals surface area contributed by atoms with Gasteiger partial charge in [0.05, 0.1) is 4.34 Å². The molecular formula is C20H20Cl2N4O4S3. The number of amides is 1. The van der Waals surface area contributed by atoms with E-state index in [0.717, 1.165) is 21.1 Å². The van der Waals surface area contributed by atoms with E-state index in [0.29, 0.717) is 28.4 Å². The molecule has 13 heteroatoms. The maximum Gasteiger partial charge on any atom is 0.250 e. The molecule has 2 aromatic heterocycles. The average molecular weight is 548 g/mol. The van der Waals surface area contributed by atoms with E-state index in [-0.39, 0.29) is 40.7 Å².